The molecule has 3 unspecified atom stereocenters. The molecule has 0 aliphatic heterocycles. The number of anilines is 1. The number of nitrogens with one attached hydrogen (secondary N) is 1. The Balaban J connectivity index is 2.80. The maximum absolute atomic E-state index is 13.2. The number of benzene rings is 1. The molecule has 4 nitrogen and oxygen atoms in total. The average molecular weight is 300 g/mol. The maximum atomic E-state index is 13.2. The summed E-state index contributed by atoms with van der Waals surface area (Å²) < 4.78 is 25.5. The quantitative estimate of drug-likeness (QED) is 0.791. The third-order valence-corrected chi connectivity index (χ3v) is 4.64. The molecular weight excluding hydrogens is 279 g/mol. The minimum absolute atomic E-state index is 0.0248. The zero-order valence-corrected chi connectivity index (χ0v) is 12.8. The van der Waals surface area contributed by atoms with Gasteiger partial charge in [0.05, 0.1) is 15.7 Å². The number of nitrogens with two attached hydrogens (primary N) is 1. The first-order chi connectivity index (χ1) is 9.36. The molecular formula is C14H21FN2O2S. The fraction of sp³-hybridized carbons (Fsp3) is 0.500. The molecule has 0 radical (unpaired) electrons. The van der Waals surface area contributed by atoms with Crippen LogP contribution in [0.1, 0.15) is 33.6 Å². The lowest BCUT2D eigenvalue weighted by atomic mass is 10.2. The van der Waals surface area contributed by atoms with Crippen LogP contribution in [-0.4, -0.2) is 21.4 Å². The Labute approximate surface area is 121 Å². The van der Waals surface area contributed by atoms with Gasteiger partial charge < -0.3 is 11.1 Å². The fourth-order valence-corrected chi connectivity index (χ4v) is 3.01. The summed E-state index contributed by atoms with van der Waals surface area (Å²) in [6, 6.07) is 3.69. The van der Waals surface area contributed by atoms with Crippen molar-refractivity contribution in [3.05, 3.63) is 24.0 Å². The van der Waals surface area contributed by atoms with Gasteiger partial charge in [-0.25, -0.2) is 4.39 Å². The van der Waals surface area contributed by atoms with E-state index in [4.69, 9.17) is 5.73 Å². The third-order valence-electron chi connectivity index (χ3n) is 2.99. The van der Waals surface area contributed by atoms with Crippen molar-refractivity contribution >= 4 is 22.4 Å². The van der Waals surface area contributed by atoms with Crippen LogP contribution in [0.15, 0.2) is 23.1 Å². The number of nitrogen functional groups attached to an aromatic ring is 1. The van der Waals surface area contributed by atoms with Crippen LogP contribution in [-0.2, 0) is 15.6 Å². The highest BCUT2D eigenvalue weighted by Crippen LogP contribution is 2.20. The van der Waals surface area contributed by atoms with Crippen LogP contribution >= 0.6 is 0 Å². The van der Waals surface area contributed by atoms with Gasteiger partial charge in [-0.2, -0.15) is 0 Å². The molecule has 6 heteroatoms. The van der Waals surface area contributed by atoms with Crippen LogP contribution in [0, 0.1) is 5.82 Å². The van der Waals surface area contributed by atoms with Crippen molar-refractivity contribution in [3.63, 3.8) is 0 Å². The largest absolute Gasteiger partial charge is 0.398 e. The fourth-order valence-electron chi connectivity index (χ4n) is 1.84. The van der Waals surface area contributed by atoms with Crippen LogP contribution < -0.4 is 11.1 Å². The Morgan fingerprint density at radius 1 is 1.45 bits per heavy atom. The van der Waals surface area contributed by atoms with Gasteiger partial charge in [-0.3, -0.25) is 9.00 Å². The predicted molar refractivity (Wildman–Crippen MR) is 79.2 cm³/mol. The van der Waals surface area contributed by atoms with Crippen molar-refractivity contribution in [3.8, 4) is 0 Å². The van der Waals surface area contributed by atoms with E-state index in [1.165, 1.54) is 12.1 Å². The summed E-state index contributed by atoms with van der Waals surface area (Å²) in [4.78, 5) is 12.2. The number of hydrogen-bond acceptors (Lipinski definition) is 3. The Morgan fingerprint density at radius 2 is 2.10 bits per heavy atom. The molecule has 0 saturated carbocycles. The second kappa shape index (κ2) is 7.38. The van der Waals surface area contributed by atoms with Crippen LogP contribution in [0.3, 0.4) is 0 Å². The highest BCUT2D eigenvalue weighted by Gasteiger charge is 2.24. The Bertz CT molecular complexity index is 508. The molecule has 0 bridgehead atoms. The first-order valence-corrected chi connectivity index (χ1v) is 7.84. The molecule has 0 heterocycles. The molecule has 0 saturated heterocycles. The van der Waals surface area contributed by atoms with Gasteiger partial charge in [-0.05, 0) is 38.5 Å². The van der Waals surface area contributed by atoms with Gasteiger partial charge in [0.1, 0.15) is 11.1 Å². The van der Waals surface area contributed by atoms with Crippen molar-refractivity contribution in [1.82, 2.24) is 5.32 Å². The highest BCUT2D eigenvalue weighted by molar-refractivity contribution is 7.86. The molecule has 1 rings (SSSR count). The van der Waals surface area contributed by atoms with Gasteiger partial charge in [0, 0.05) is 11.7 Å². The molecule has 1 aromatic rings. The monoisotopic (exact) mass is 300 g/mol. The number of hydrogen-bond donors (Lipinski definition) is 2. The summed E-state index contributed by atoms with van der Waals surface area (Å²) in [5.74, 6) is -0.831. The number of halogens is 1. The molecule has 3 N–H and O–H groups in total. The topological polar surface area (TPSA) is 72.2 Å². The van der Waals surface area contributed by atoms with E-state index < -0.39 is 21.9 Å². The van der Waals surface area contributed by atoms with Crippen LogP contribution in [0.4, 0.5) is 10.1 Å². The minimum atomic E-state index is -1.68. The van der Waals surface area contributed by atoms with E-state index in [0.29, 0.717) is 0 Å². The van der Waals surface area contributed by atoms with Crippen molar-refractivity contribution in [2.45, 2.75) is 49.8 Å². The number of amides is 1. The molecule has 20 heavy (non-hydrogen) atoms. The van der Waals surface area contributed by atoms with Crippen molar-refractivity contribution in [2.75, 3.05) is 5.73 Å². The number of rotatable bonds is 6. The summed E-state index contributed by atoms with van der Waals surface area (Å²) in [7, 11) is -1.68. The molecule has 0 fully saturated rings. The smallest absolute Gasteiger partial charge is 0.236 e. The van der Waals surface area contributed by atoms with Crippen molar-refractivity contribution < 1.29 is 13.4 Å². The minimum Gasteiger partial charge on any atom is -0.398 e. The summed E-state index contributed by atoms with van der Waals surface area (Å²) in [6.45, 7) is 5.47. The van der Waals surface area contributed by atoms with Gasteiger partial charge in [-0.15, -0.1) is 0 Å². The molecule has 0 spiro atoms. The standard InChI is InChI=1S/C14H21FN2O2S/c1-4-5-9(2)17-14(18)10(3)20(19)13-8-11(15)6-7-12(13)16/h6-10H,4-5,16H2,1-3H3,(H,17,18). The molecule has 0 aliphatic rings. The van der Waals surface area contributed by atoms with E-state index in [0.717, 1.165) is 18.9 Å². The lowest BCUT2D eigenvalue weighted by Gasteiger charge is -2.17. The second-order valence-corrected chi connectivity index (χ2v) is 6.56. The normalized spacial score (nSPS) is 15.4. The van der Waals surface area contributed by atoms with Crippen LogP contribution in [0.2, 0.25) is 0 Å². The number of carbonyl (C=O) groups is 1. The molecule has 1 amide bonds. The van der Waals surface area contributed by atoms with Gasteiger partial charge in [0.2, 0.25) is 5.91 Å². The lowest BCUT2D eigenvalue weighted by Crippen LogP contribution is -2.40. The SMILES string of the molecule is CCCC(C)NC(=O)C(C)S(=O)c1cc(F)ccc1N. The Kier molecular flexibility index (Phi) is 6.13. The van der Waals surface area contributed by atoms with E-state index in [9.17, 15) is 13.4 Å². The summed E-state index contributed by atoms with van der Waals surface area (Å²) in [6.07, 6.45) is 1.81. The zero-order chi connectivity index (χ0) is 15.3. The van der Waals surface area contributed by atoms with Crippen molar-refractivity contribution in [1.29, 1.82) is 0 Å². The van der Waals surface area contributed by atoms with E-state index in [2.05, 4.69) is 5.32 Å². The van der Waals surface area contributed by atoms with Crippen LogP contribution in [0.5, 0.6) is 0 Å². The second-order valence-electron chi connectivity index (χ2n) is 4.82. The van der Waals surface area contributed by atoms with E-state index in [-0.39, 0.29) is 22.5 Å². The van der Waals surface area contributed by atoms with Gasteiger partial charge in [0.25, 0.3) is 0 Å². The van der Waals surface area contributed by atoms with Gasteiger partial charge >= 0.3 is 0 Å². The van der Waals surface area contributed by atoms with Crippen LogP contribution in [0.25, 0.3) is 0 Å². The Morgan fingerprint density at radius 3 is 2.70 bits per heavy atom. The first kappa shape index (κ1) is 16.6. The molecule has 3 atom stereocenters. The average Bonchev–Trinajstić information content (AvgIpc) is 2.40. The Hall–Kier alpha value is -1.43. The van der Waals surface area contributed by atoms with E-state index >= 15 is 0 Å². The summed E-state index contributed by atoms with van der Waals surface area (Å²) >= 11 is 0. The molecule has 0 aliphatic carbocycles. The van der Waals surface area contributed by atoms with Crippen molar-refractivity contribution in [2.24, 2.45) is 0 Å². The zero-order valence-electron chi connectivity index (χ0n) is 12.0. The van der Waals surface area contributed by atoms with Gasteiger partial charge in [-0.1, -0.05) is 13.3 Å². The predicted octanol–water partition coefficient (Wildman–Crippen LogP) is 2.21. The maximum Gasteiger partial charge on any atom is 0.236 e. The lowest BCUT2D eigenvalue weighted by molar-refractivity contribution is -0.121. The molecule has 0 aromatic heterocycles. The molecule has 1 aromatic carbocycles. The third kappa shape index (κ3) is 4.30. The van der Waals surface area contributed by atoms with Gasteiger partial charge in [0.15, 0.2) is 0 Å². The summed E-state index contributed by atoms with van der Waals surface area (Å²) in [5, 5.41) is 2.02. The number of carbonyl (C=O) groups excluding carboxylic acids is 1. The van der Waals surface area contributed by atoms with E-state index in [1.807, 2.05) is 13.8 Å². The molecule has 112 valence electrons. The first-order valence-electron chi connectivity index (χ1n) is 6.62. The summed E-state index contributed by atoms with van der Waals surface area (Å²) in [5.41, 5.74) is 5.91. The highest BCUT2D eigenvalue weighted by atomic mass is 32.2. The van der Waals surface area contributed by atoms with E-state index in [1.54, 1.807) is 6.92 Å².